The molecular weight excluding hydrogens is 332 g/mol. The molecule has 0 fully saturated rings. The third-order valence-electron chi connectivity index (χ3n) is 4.63. The zero-order valence-electron chi connectivity index (χ0n) is 14.3. The molecule has 2 aromatic carbocycles. The molecule has 2 aromatic heterocycles. The SMILES string of the molecule is Cc1[nH]c2ccc(S(C)(=O)=O)cc2c1-c1ccnc2c(C)cccc12. The van der Waals surface area contributed by atoms with Gasteiger partial charge in [0.15, 0.2) is 9.84 Å². The second-order valence-electron chi connectivity index (χ2n) is 6.43. The molecule has 0 atom stereocenters. The van der Waals surface area contributed by atoms with E-state index in [0.717, 1.165) is 44.2 Å². The van der Waals surface area contributed by atoms with E-state index < -0.39 is 9.84 Å². The summed E-state index contributed by atoms with van der Waals surface area (Å²) in [5.74, 6) is 0. The van der Waals surface area contributed by atoms with Crippen LogP contribution in [-0.4, -0.2) is 24.6 Å². The van der Waals surface area contributed by atoms with Crippen LogP contribution in [0, 0.1) is 13.8 Å². The fourth-order valence-corrected chi connectivity index (χ4v) is 4.07. The number of nitrogens with zero attached hydrogens (tertiary/aromatic N) is 1. The van der Waals surface area contributed by atoms with Crippen LogP contribution in [0.4, 0.5) is 0 Å². The average Bonchev–Trinajstić information content (AvgIpc) is 2.89. The van der Waals surface area contributed by atoms with E-state index in [2.05, 4.69) is 16.0 Å². The highest BCUT2D eigenvalue weighted by Crippen LogP contribution is 2.37. The van der Waals surface area contributed by atoms with Crippen LogP contribution in [-0.2, 0) is 9.84 Å². The molecule has 0 aliphatic heterocycles. The monoisotopic (exact) mass is 350 g/mol. The summed E-state index contributed by atoms with van der Waals surface area (Å²) in [5.41, 5.74) is 6.11. The molecule has 5 heteroatoms. The minimum atomic E-state index is -3.26. The van der Waals surface area contributed by atoms with Crippen LogP contribution >= 0.6 is 0 Å². The van der Waals surface area contributed by atoms with E-state index in [0.29, 0.717) is 4.90 Å². The summed E-state index contributed by atoms with van der Waals surface area (Å²) >= 11 is 0. The molecule has 4 aromatic rings. The van der Waals surface area contributed by atoms with Gasteiger partial charge in [-0.2, -0.15) is 0 Å². The van der Waals surface area contributed by atoms with Crippen LogP contribution in [0.1, 0.15) is 11.3 Å². The van der Waals surface area contributed by atoms with Crippen molar-refractivity contribution in [3.05, 3.63) is 59.9 Å². The normalized spacial score (nSPS) is 12.1. The number of fused-ring (bicyclic) bond motifs is 2. The Hall–Kier alpha value is -2.66. The summed E-state index contributed by atoms with van der Waals surface area (Å²) < 4.78 is 23.9. The van der Waals surface area contributed by atoms with Crippen LogP contribution in [0.25, 0.3) is 32.9 Å². The van der Waals surface area contributed by atoms with Gasteiger partial charge < -0.3 is 4.98 Å². The summed E-state index contributed by atoms with van der Waals surface area (Å²) in [6, 6.07) is 13.3. The molecule has 126 valence electrons. The highest BCUT2D eigenvalue weighted by Gasteiger charge is 2.16. The van der Waals surface area contributed by atoms with Gasteiger partial charge in [-0.05, 0) is 49.2 Å². The highest BCUT2D eigenvalue weighted by molar-refractivity contribution is 7.90. The van der Waals surface area contributed by atoms with E-state index in [1.165, 1.54) is 6.26 Å². The highest BCUT2D eigenvalue weighted by atomic mass is 32.2. The topological polar surface area (TPSA) is 62.8 Å². The number of H-pyrrole nitrogens is 1. The maximum Gasteiger partial charge on any atom is 0.175 e. The molecule has 25 heavy (non-hydrogen) atoms. The van der Waals surface area contributed by atoms with Crippen LogP contribution in [0.3, 0.4) is 0 Å². The van der Waals surface area contributed by atoms with Crippen molar-refractivity contribution in [3.63, 3.8) is 0 Å². The number of aryl methyl sites for hydroxylation is 2. The van der Waals surface area contributed by atoms with E-state index in [1.54, 1.807) is 12.1 Å². The Bertz CT molecular complexity index is 1240. The van der Waals surface area contributed by atoms with Gasteiger partial charge in [0.1, 0.15) is 0 Å². The number of nitrogens with one attached hydrogen (secondary N) is 1. The van der Waals surface area contributed by atoms with Gasteiger partial charge in [0.2, 0.25) is 0 Å². The summed E-state index contributed by atoms with van der Waals surface area (Å²) in [6.45, 7) is 4.06. The Morgan fingerprint density at radius 1 is 1.00 bits per heavy atom. The Kier molecular flexibility index (Phi) is 3.44. The molecule has 0 aliphatic carbocycles. The standard InChI is InChI=1S/C20H18N2O2S/c1-12-5-4-6-16-15(9-10-21-20(12)16)19-13(2)22-18-8-7-14(11-17(18)19)25(3,23)24/h4-11,22H,1-3H3. The number of sulfone groups is 1. The molecule has 0 unspecified atom stereocenters. The van der Waals surface area contributed by atoms with Crippen LogP contribution in [0.15, 0.2) is 53.6 Å². The van der Waals surface area contributed by atoms with Crippen LogP contribution < -0.4 is 0 Å². The second-order valence-corrected chi connectivity index (χ2v) is 8.45. The lowest BCUT2D eigenvalue weighted by atomic mass is 9.97. The lowest BCUT2D eigenvalue weighted by Gasteiger charge is -2.09. The van der Waals surface area contributed by atoms with Crippen LogP contribution in [0.2, 0.25) is 0 Å². The third-order valence-corrected chi connectivity index (χ3v) is 5.74. The Balaban J connectivity index is 2.11. The van der Waals surface area contributed by atoms with E-state index in [4.69, 9.17) is 0 Å². The van der Waals surface area contributed by atoms with Crippen molar-refractivity contribution in [2.24, 2.45) is 0 Å². The van der Waals surface area contributed by atoms with Gasteiger partial charge in [-0.25, -0.2) is 8.42 Å². The number of aromatic amines is 1. The number of benzene rings is 2. The first kappa shape index (κ1) is 15.8. The number of para-hydroxylation sites is 1. The molecule has 0 radical (unpaired) electrons. The van der Waals surface area contributed by atoms with Gasteiger partial charge in [0.25, 0.3) is 0 Å². The molecule has 2 heterocycles. The predicted octanol–water partition coefficient (Wildman–Crippen LogP) is 4.40. The van der Waals surface area contributed by atoms with Gasteiger partial charge >= 0.3 is 0 Å². The Morgan fingerprint density at radius 3 is 2.56 bits per heavy atom. The van der Waals surface area contributed by atoms with E-state index >= 15 is 0 Å². The van der Waals surface area contributed by atoms with E-state index in [9.17, 15) is 8.42 Å². The number of hydrogen-bond acceptors (Lipinski definition) is 3. The van der Waals surface area contributed by atoms with Gasteiger partial charge in [-0.1, -0.05) is 18.2 Å². The second kappa shape index (κ2) is 5.43. The van der Waals surface area contributed by atoms with E-state index in [-0.39, 0.29) is 0 Å². The fraction of sp³-hybridized carbons (Fsp3) is 0.150. The fourth-order valence-electron chi connectivity index (χ4n) is 3.43. The molecule has 0 aliphatic rings. The lowest BCUT2D eigenvalue weighted by Crippen LogP contribution is -1.96. The zero-order valence-corrected chi connectivity index (χ0v) is 15.1. The number of hydrogen-bond donors (Lipinski definition) is 1. The van der Waals surface area contributed by atoms with Gasteiger partial charge in [0, 0.05) is 40.0 Å². The lowest BCUT2D eigenvalue weighted by molar-refractivity contribution is 0.602. The van der Waals surface area contributed by atoms with Gasteiger partial charge in [0.05, 0.1) is 10.4 Å². The average molecular weight is 350 g/mol. The van der Waals surface area contributed by atoms with Crippen LogP contribution in [0.5, 0.6) is 0 Å². The molecule has 0 saturated carbocycles. The quantitative estimate of drug-likeness (QED) is 0.583. The first-order valence-electron chi connectivity index (χ1n) is 8.03. The first-order valence-corrected chi connectivity index (χ1v) is 9.92. The molecule has 4 nitrogen and oxygen atoms in total. The van der Waals surface area contributed by atoms with Crippen molar-refractivity contribution in [2.45, 2.75) is 18.7 Å². The maximum atomic E-state index is 12.0. The van der Waals surface area contributed by atoms with Crippen molar-refractivity contribution in [3.8, 4) is 11.1 Å². The van der Waals surface area contributed by atoms with Crippen molar-refractivity contribution in [1.29, 1.82) is 0 Å². The molecule has 1 N–H and O–H groups in total. The zero-order chi connectivity index (χ0) is 17.8. The summed E-state index contributed by atoms with van der Waals surface area (Å²) in [5, 5.41) is 1.98. The largest absolute Gasteiger partial charge is 0.358 e. The molecule has 0 bridgehead atoms. The third kappa shape index (κ3) is 2.51. The van der Waals surface area contributed by atoms with Crippen molar-refractivity contribution in [2.75, 3.05) is 6.26 Å². The van der Waals surface area contributed by atoms with Gasteiger partial charge in [-0.15, -0.1) is 0 Å². The van der Waals surface area contributed by atoms with Crippen molar-refractivity contribution in [1.82, 2.24) is 9.97 Å². The van der Waals surface area contributed by atoms with Crippen molar-refractivity contribution >= 4 is 31.6 Å². The minimum Gasteiger partial charge on any atom is -0.358 e. The number of aromatic nitrogens is 2. The predicted molar refractivity (Wildman–Crippen MR) is 102 cm³/mol. The summed E-state index contributed by atoms with van der Waals surface area (Å²) in [6.07, 6.45) is 3.04. The number of rotatable bonds is 2. The smallest absolute Gasteiger partial charge is 0.175 e. The van der Waals surface area contributed by atoms with Crippen molar-refractivity contribution < 1.29 is 8.42 Å². The summed E-state index contributed by atoms with van der Waals surface area (Å²) in [7, 11) is -3.26. The Labute approximate surface area is 146 Å². The molecule has 0 saturated heterocycles. The molecule has 0 spiro atoms. The minimum absolute atomic E-state index is 0.329. The number of pyridine rings is 1. The van der Waals surface area contributed by atoms with E-state index in [1.807, 2.05) is 44.3 Å². The summed E-state index contributed by atoms with van der Waals surface area (Å²) in [4.78, 5) is 8.21. The molecule has 0 amide bonds. The molecule has 4 rings (SSSR count). The molecular formula is C20H18N2O2S. The first-order chi connectivity index (χ1) is 11.9. The maximum absolute atomic E-state index is 12.0. The van der Waals surface area contributed by atoms with Gasteiger partial charge in [-0.3, -0.25) is 4.98 Å². The Morgan fingerprint density at radius 2 is 1.80 bits per heavy atom.